The lowest BCUT2D eigenvalue weighted by Crippen LogP contribution is -2.41. The minimum absolute atomic E-state index is 0.556. The molecule has 8 heteroatoms. The Morgan fingerprint density at radius 3 is 2.64 bits per heavy atom. The first kappa shape index (κ1) is 21.5. The van der Waals surface area contributed by atoms with E-state index in [2.05, 4.69) is 26.5 Å². The van der Waals surface area contributed by atoms with E-state index in [1.165, 1.54) is 37.7 Å². The van der Waals surface area contributed by atoms with Crippen molar-refractivity contribution in [3.05, 3.63) is 39.6 Å². The predicted molar refractivity (Wildman–Crippen MR) is 118 cm³/mol. The monoisotopic (exact) mass is 439 g/mol. The van der Waals surface area contributed by atoms with Crippen molar-refractivity contribution in [1.29, 1.82) is 0 Å². The number of aromatic nitrogens is 4. The highest BCUT2D eigenvalue weighted by atomic mass is 35.5. The molecular formula is C20H27Cl2N5S. The maximum atomic E-state index is 6.18. The van der Waals surface area contributed by atoms with E-state index in [0.717, 1.165) is 43.0 Å². The average molecular weight is 440 g/mol. The van der Waals surface area contributed by atoms with Crippen LogP contribution < -0.4 is 0 Å². The van der Waals surface area contributed by atoms with E-state index in [4.69, 9.17) is 35.4 Å². The van der Waals surface area contributed by atoms with Crippen LogP contribution in [0.15, 0.2) is 18.2 Å². The lowest BCUT2D eigenvalue weighted by molar-refractivity contribution is 0.245. The van der Waals surface area contributed by atoms with Crippen LogP contribution >= 0.6 is 35.4 Å². The molecule has 0 saturated heterocycles. The van der Waals surface area contributed by atoms with Crippen LogP contribution in [0.1, 0.15) is 56.3 Å². The number of benzene rings is 1. The molecule has 2 aromatic rings. The molecule has 1 saturated carbocycles. The molecule has 1 fully saturated rings. The molecule has 5 nitrogen and oxygen atoms in total. The number of tetrazole rings is 1. The van der Waals surface area contributed by atoms with Gasteiger partial charge in [0.1, 0.15) is 0 Å². The molecule has 1 aliphatic carbocycles. The Morgan fingerprint density at radius 2 is 1.96 bits per heavy atom. The quantitative estimate of drug-likeness (QED) is 0.538. The topological polar surface area (TPSA) is 46.8 Å². The van der Waals surface area contributed by atoms with Crippen molar-refractivity contribution in [2.45, 2.75) is 63.8 Å². The number of hydrogen-bond acceptors (Lipinski definition) is 4. The summed E-state index contributed by atoms with van der Waals surface area (Å²) in [5.41, 5.74) is 1.20. The van der Waals surface area contributed by atoms with Gasteiger partial charge in [-0.25, -0.2) is 4.68 Å². The Balaban J connectivity index is 1.59. The first-order valence-electron chi connectivity index (χ1n) is 9.99. The van der Waals surface area contributed by atoms with Gasteiger partial charge in [0.25, 0.3) is 0 Å². The first-order valence-corrected chi connectivity index (χ1v) is 11.2. The van der Waals surface area contributed by atoms with E-state index >= 15 is 0 Å². The SMILES string of the molecule is Cn1nnnc1CCCC(=S)N(CCc1ccc(Cl)c(Cl)c1)C1CCCCC1. The summed E-state index contributed by atoms with van der Waals surface area (Å²) in [6.07, 6.45) is 9.99. The lowest BCUT2D eigenvalue weighted by Gasteiger charge is -2.36. The molecule has 0 N–H and O–H groups in total. The molecule has 0 bridgehead atoms. The lowest BCUT2D eigenvalue weighted by atomic mass is 9.93. The number of hydrogen-bond donors (Lipinski definition) is 0. The zero-order valence-electron chi connectivity index (χ0n) is 16.3. The molecular weight excluding hydrogens is 413 g/mol. The van der Waals surface area contributed by atoms with Crippen molar-refractivity contribution in [2.24, 2.45) is 7.05 Å². The molecule has 1 aromatic heterocycles. The molecule has 0 aliphatic heterocycles. The second-order valence-corrected chi connectivity index (χ2v) is 8.74. The maximum absolute atomic E-state index is 6.18. The number of halogens is 2. The summed E-state index contributed by atoms with van der Waals surface area (Å²) < 4.78 is 1.73. The normalized spacial score (nSPS) is 15.0. The zero-order valence-corrected chi connectivity index (χ0v) is 18.6. The third-order valence-electron chi connectivity index (χ3n) is 5.46. The Morgan fingerprint density at radius 1 is 1.18 bits per heavy atom. The van der Waals surface area contributed by atoms with Crippen LogP contribution in [0.3, 0.4) is 0 Å². The molecule has 1 aliphatic rings. The third kappa shape index (κ3) is 5.88. The van der Waals surface area contributed by atoms with E-state index in [1.54, 1.807) is 4.68 Å². The average Bonchev–Trinajstić information content (AvgIpc) is 3.10. The van der Waals surface area contributed by atoms with Crippen LogP contribution in [0, 0.1) is 0 Å². The summed E-state index contributed by atoms with van der Waals surface area (Å²) in [5.74, 6) is 0.905. The van der Waals surface area contributed by atoms with Gasteiger partial charge in [0.2, 0.25) is 0 Å². The van der Waals surface area contributed by atoms with Crippen molar-refractivity contribution in [2.75, 3.05) is 6.54 Å². The predicted octanol–water partition coefficient (Wildman–Crippen LogP) is 5.04. The minimum Gasteiger partial charge on any atom is -0.363 e. The number of nitrogens with zero attached hydrogens (tertiary/aromatic N) is 5. The summed E-state index contributed by atoms with van der Waals surface area (Å²) in [7, 11) is 1.87. The standard InChI is InChI=1S/C20H27Cl2N5S/c1-26-19(23-24-25-26)8-5-9-20(28)27(16-6-3-2-4-7-16)13-12-15-10-11-17(21)18(22)14-15/h10-11,14,16H,2-9,12-13H2,1H3. The van der Waals surface area contributed by atoms with Crippen LogP contribution in [-0.2, 0) is 19.9 Å². The summed E-state index contributed by atoms with van der Waals surface area (Å²) in [5, 5.41) is 12.9. The van der Waals surface area contributed by atoms with Gasteiger partial charge in [-0.1, -0.05) is 60.7 Å². The van der Waals surface area contributed by atoms with E-state index < -0.39 is 0 Å². The molecule has 1 aromatic carbocycles. The van der Waals surface area contributed by atoms with Gasteiger partial charge in [0.05, 0.1) is 15.0 Å². The first-order chi connectivity index (χ1) is 13.5. The summed E-state index contributed by atoms with van der Waals surface area (Å²) >= 11 is 18.1. The Kier molecular flexibility index (Phi) is 8.06. The molecule has 1 heterocycles. The van der Waals surface area contributed by atoms with Gasteiger partial charge in [0.15, 0.2) is 5.82 Å². The highest BCUT2D eigenvalue weighted by Gasteiger charge is 2.23. The van der Waals surface area contributed by atoms with Crippen molar-refractivity contribution in [3.8, 4) is 0 Å². The molecule has 0 amide bonds. The molecule has 0 radical (unpaired) electrons. The summed E-state index contributed by atoms with van der Waals surface area (Å²) in [6.45, 7) is 0.924. The van der Waals surface area contributed by atoms with Gasteiger partial charge in [-0.15, -0.1) is 5.10 Å². The molecule has 152 valence electrons. The second kappa shape index (κ2) is 10.5. The van der Waals surface area contributed by atoms with Crippen LogP contribution in [-0.4, -0.2) is 42.7 Å². The van der Waals surface area contributed by atoms with E-state index in [9.17, 15) is 0 Å². The van der Waals surface area contributed by atoms with Gasteiger partial charge >= 0.3 is 0 Å². The number of aryl methyl sites for hydroxylation is 2. The van der Waals surface area contributed by atoms with Crippen molar-refractivity contribution < 1.29 is 0 Å². The van der Waals surface area contributed by atoms with Crippen LogP contribution in [0.5, 0.6) is 0 Å². The number of rotatable bonds is 8. The molecule has 3 rings (SSSR count). The molecule has 28 heavy (non-hydrogen) atoms. The fourth-order valence-corrected chi connectivity index (χ4v) is 4.55. The smallest absolute Gasteiger partial charge is 0.150 e. The van der Waals surface area contributed by atoms with Gasteiger partial charge in [-0.2, -0.15) is 0 Å². The van der Waals surface area contributed by atoms with E-state index in [1.807, 2.05) is 19.2 Å². The van der Waals surface area contributed by atoms with Gasteiger partial charge < -0.3 is 4.90 Å². The van der Waals surface area contributed by atoms with Crippen LogP contribution in [0.25, 0.3) is 0 Å². The molecule has 0 unspecified atom stereocenters. The Bertz CT molecular complexity index is 789. The van der Waals surface area contributed by atoms with Crippen molar-refractivity contribution in [3.63, 3.8) is 0 Å². The fourth-order valence-electron chi connectivity index (χ4n) is 3.85. The minimum atomic E-state index is 0.556. The highest BCUT2D eigenvalue weighted by Crippen LogP contribution is 2.26. The van der Waals surface area contributed by atoms with Gasteiger partial charge in [0, 0.05) is 26.1 Å². The summed E-state index contributed by atoms with van der Waals surface area (Å²) in [4.78, 5) is 3.52. The zero-order chi connectivity index (χ0) is 19.9. The maximum Gasteiger partial charge on any atom is 0.150 e. The van der Waals surface area contributed by atoms with Gasteiger partial charge in [-0.05, 0) is 60.2 Å². The highest BCUT2D eigenvalue weighted by molar-refractivity contribution is 7.80. The fraction of sp³-hybridized carbons (Fsp3) is 0.600. The van der Waals surface area contributed by atoms with E-state index in [-0.39, 0.29) is 0 Å². The second-order valence-electron chi connectivity index (χ2n) is 7.45. The Hall–Kier alpha value is -1.24. The third-order valence-corrected chi connectivity index (χ3v) is 6.64. The Labute approximate surface area is 182 Å². The van der Waals surface area contributed by atoms with Gasteiger partial charge in [-0.3, -0.25) is 0 Å². The molecule has 0 atom stereocenters. The van der Waals surface area contributed by atoms with Crippen LogP contribution in [0.4, 0.5) is 0 Å². The number of thiocarbonyl (C=S) groups is 1. The summed E-state index contributed by atoms with van der Waals surface area (Å²) in [6, 6.07) is 6.45. The van der Waals surface area contributed by atoms with Crippen molar-refractivity contribution >= 4 is 40.4 Å². The van der Waals surface area contributed by atoms with E-state index in [0.29, 0.717) is 16.1 Å². The largest absolute Gasteiger partial charge is 0.363 e. The van der Waals surface area contributed by atoms with Crippen LogP contribution in [0.2, 0.25) is 10.0 Å². The molecule has 0 spiro atoms. The van der Waals surface area contributed by atoms with Crippen molar-refractivity contribution in [1.82, 2.24) is 25.1 Å².